The summed E-state index contributed by atoms with van der Waals surface area (Å²) < 4.78 is 5.06. The normalized spacial score (nSPS) is 10.2. The van der Waals surface area contributed by atoms with Crippen LogP contribution in [0.25, 0.3) is 0 Å². The number of aromatic nitrogens is 2. The van der Waals surface area contributed by atoms with E-state index in [0.29, 0.717) is 12.4 Å². The fraction of sp³-hybridized carbons (Fsp3) is 0.600. The summed E-state index contributed by atoms with van der Waals surface area (Å²) >= 11 is 0. The van der Waals surface area contributed by atoms with E-state index in [4.69, 9.17) is 10.5 Å². The van der Waals surface area contributed by atoms with Gasteiger partial charge in [0.1, 0.15) is 0 Å². The van der Waals surface area contributed by atoms with Gasteiger partial charge in [0.2, 0.25) is 5.75 Å². The van der Waals surface area contributed by atoms with Crippen LogP contribution in [0.3, 0.4) is 0 Å². The lowest BCUT2D eigenvalue weighted by atomic mass is 10.3. The zero-order chi connectivity index (χ0) is 12.0. The van der Waals surface area contributed by atoms with E-state index in [1.807, 2.05) is 11.8 Å². The van der Waals surface area contributed by atoms with Gasteiger partial charge in [0.15, 0.2) is 5.82 Å². The number of nitrogens with one attached hydrogen (secondary N) is 1. The molecule has 0 saturated carbocycles. The molecular weight excluding hydrogens is 208 g/mol. The molecule has 0 aromatic carbocycles. The standard InChI is InChI=1S/C10H18N4O2/c1-3-14(6-4-5-11)9-8(16-2)10(15)13-7-12-9/h7H,3-6,11H2,1-2H3,(H,12,13,15). The van der Waals surface area contributed by atoms with Gasteiger partial charge in [-0.2, -0.15) is 0 Å². The van der Waals surface area contributed by atoms with Gasteiger partial charge >= 0.3 is 0 Å². The maximum Gasteiger partial charge on any atom is 0.295 e. The van der Waals surface area contributed by atoms with E-state index >= 15 is 0 Å². The summed E-state index contributed by atoms with van der Waals surface area (Å²) in [5, 5.41) is 0. The average Bonchev–Trinajstić information content (AvgIpc) is 2.30. The summed E-state index contributed by atoms with van der Waals surface area (Å²) in [5.41, 5.74) is 5.20. The van der Waals surface area contributed by atoms with Crippen LogP contribution in [0.1, 0.15) is 13.3 Å². The second-order valence-electron chi connectivity index (χ2n) is 3.31. The third-order valence-electron chi connectivity index (χ3n) is 2.31. The minimum atomic E-state index is -0.265. The summed E-state index contributed by atoms with van der Waals surface area (Å²) in [6.07, 6.45) is 2.23. The Bertz CT molecular complexity index is 377. The topological polar surface area (TPSA) is 84.2 Å². The number of hydrogen-bond donors (Lipinski definition) is 2. The maximum atomic E-state index is 11.5. The van der Waals surface area contributed by atoms with E-state index in [2.05, 4.69) is 9.97 Å². The predicted octanol–water partition coefficient (Wildman–Crippen LogP) is -0.0464. The summed E-state index contributed by atoms with van der Waals surface area (Å²) in [7, 11) is 1.46. The molecule has 1 aromatic heterocycles. The molecule has 0 aliphatic heterocycles. The first-order chi connectivity index (χ1) is 7.74. The predicted molar refractivity (Wildman–Crippen MR) is 63.0 cm³/mol. The Balaban J connectivity index is 2.99. The maximum absolute atomic E-state index is 11.5. The SMILES string of the molecule is CCN(CCCN)c1nc[nH]c(=O)c1OC. The molecule has 16 heavy (non-hydrogen) atoms. The molecule has 0 radical (unpaired) electrons. The van der Waals surface area contributed by atoms with Crippen LogP contribution in [0.5, 0.6) is 5.75 Å². The van der Waals surface area contributed by atoms with Crippen molar-refractivity contribution in [3.05, 3.63) is 16.7 Å². The van der Waals surface area contributed by atoms with Crippen LogP contribution >= 0.6 is 0 Å². The first-order valence-corrected chi connectivity index (χ1v) is 5.31. The van der Waals surface area contributed by atoms with Crippen LogP contribution in [0.4, 0.5) is 5.82 Å². The van der Waals surface area contributed by atoms with Crippen molar-refractivity contribution in [1.82, 2.24) is 9.97 Å². The van der Waals surface area contributed by atoms with E-state index in [9.17, 15) is 4.79 Å². The van der Waals surface area contributed by atoms with E-state index in [1.54, 1.807) is 0 Å². The summed E-state index contributed by atoms with van der Waals surface area (Å²) in [4.78, 5) is 20.1. The van der Waals surface area contributed by atoms with Gasteiger partial charge in [-0.05, 0) is 19.9 Å². The van der Waals surface area contributed by atoms with Gasteiger partial charge in [0, 0.05) is 13.1 Å². The van der Waals surface area contributed by atoms with Crippen LogP contribution in [0.15, 0.2) is 11.1 Å². The molecule has 0 saturated heterocycles. The summed E-state index contributed by atoms with van der Waals surface area (Å²) in [5.74, 6) is 0.823. The number of rotatable bonds is 6. The van der Waals surface area contributed by atoms with Gasteiger partial charge in [0.05, 0.1) is 13.4 Å². The Labute approximate surface area is 94.4 Å². The van der Waals surface area contributed by atoms with Crippen molar-refractivity contribution in [2.45, 2.75) is 13.3 Å². The first kappa shape index (κ1) is 12.5. The van der Waals surface area contributed by atoms with Crippen LogP contribution in [-0.2, 0) is 0 Å². The van der Waals surface area contributed by atoms with Gasteiger partial charge in [-0.1, -0.05) is 0 Å². The van der Waals surface area contributed by atoms with Crippen molar-refractivity contribution in [1.29, 1.82) is 0 Å². The Morgan fingerprint density at radius 3 is 2.94 bits per heavy atom. The third kappa shape index (κ3) is 2.73. The number of nitrogens with two attached hydrogens (primary N) is 1. The summed E-state index contributed by atoms with van der Waals surface area (Å²) in [6.45, 7) is 4.13. The molecule has 90 valence electrons. The second-order valence-corrected chi connectivity index (χ2v) is 3.31. The molecule has 3 N–H and O–H groups in total. The van der Waals surface area contributed by atoms with Gasteiger partial charge < -0.3 is 20.4 Å². The molecular formula is C10H18N4O2. The average molecular weight is 226 g/mol. The smallest absolute Gasteiger partial charge is 0.295 e. The monoisotopic (exact) mass is 226 g/mol. The molecule has 0 atom stereocenters. The van der Waals surface area contributed by atoms with Gasteiger partial charge in [-0.3, -0.25) is 4.79 Å². The highest BCUT2D eigenvalue weighted by Gasteiger charge is 2.14. The highest BCUT2D eigenvalue weighted by Crippen LogP contribution is 2.19. The van der Waals surface area contributed by atoms with E-state index < -0.39 is 0 Å². The number of hydrogen-bond acceptors (Lipinski definition) is 5. The highest BCUT2D eigenvalue weighted by atomic mass is 16.5. The van der Waals surface area contributed by atoms with Crippen molar-refractivity contribution in [2.75, 3.05) is 31.6 Å². The number of aromatic amines is 1. The molecule has 0 amide bonds. The lowest BCUT2D eigenvalue weighted by Crippen LogP contribution is -2.29. The first-order valence-electron chi connectivity index (χ1n) is 5.31. The number of nitrogens with zero attached hydrogens (tertiary/aromatic N) is 2. The summed E-state index contributed by atoms with van der Waals surface area (Å²) in [6, 6.07) is 0. The van der Waals surface area contributed by atoms with Gasteiger partial charge in [-0.25, -0.2) is 4.98 Å². The molecule has 6 heteroatoms. The molecule has 1 heterocycles. The number of methoxy groups -OCH3 is 1. The molecule has 0 aliphatic carbocycles. The largest absolute Gasteiger partial charge is 0.489 e. The fourth-order valence-corrected chi connectivity index (χ4v) is 1.48. The molecule has 6 nitrogen and oxygen atoms in total. The molecule has 0 fully saturated rings. The quantitative estimate of drug-likeness (QED) is 0.710. The minimum absolute atomic E-state index is 0.251. The van der Waals surface area contributed by atoms with Crippen molar-refractivity contribution in [3.63, 3.8) is 0 Å². The third-order valence-corrected chi connectivity index (χ3v) is 2.31. The van der Waals surface area contributed by atoms with E-state index in [0.717, 1.165) is 19.5 Å². The molecule has 0 aliphatic rings. The number of H-pyrrole nitrogens is 1. The molecule has 0 unspecified atom stereocenters. The van der Waals surface area contributed by atoms with Crippen molar-refractivity contribution < 1.29 is 4.74 Å². The van der Waals surface area contributed by atoms with Crippen molar-refractivity contribution in [2.24, 2.45) is 5.73 Å². The van der Waals surface area contributed by atoms with E-state index in [1.165, 1.54) is 13.4 Å². The van der Waals surface area contributed by atoms with Crippen LogP contribution in [-0.4, -0.2) is 36.7 Å². The fourth-order valence-electron chi connectivity index (χ4n) is 1.48. The van der Waals surface area contributed by atoms with Crippen molar-refractivity contribution >= 4 is 5.82 Å². The van der Waals surface area contributed by atoms with Crippen LogP contribution in [0, 0.1) is 0 Å². The zero-order valence-corrected chi connectivity index (χ0v) is 9.69. The molecule has 0 spiro atoms. The van der Waals surface area contributed by atoms with Crippen LogP contribution < -0.4 is 20.9 Å². The van der Waals surface area contributed by atoms with E-state index in [-0.39, 0.29) is 11.3 Å². The number of anilines is 1. The highest BCUT2D eigenvalue weighted by molar-refractivity contribution is 5.50. The Kier molecular flexibility index (Phi) is 4.78. The molecule has 1 aromatic rings. The number of ether oxygens (including phenoxy) is 1. The second kappa shape index (κ2) is 6.12. The van der Waals surface area contributed by atoms with Gasteiger partial charge in [0.25, 0.3) is 5.56 Å². The molecule has 1 rings (SSSR count). The minimum Gasteiger partial charge on any atom is -0.489 e. The van der Waals surface area contributed by atoms with Gasteiger partial charge in [-0.15, -0.1) is 0 Å². The van der Waals surface area contributed by atoms with Crippen LogP contribution in [0.2, 0.25) is 0 Å². The Hall–Kier alpha value is -1.56. The lowest BCUT2D eigenvalue weighted by molar-refractivity contribution is 0.405. The molecule has 0 bridgehead atoms. The Morgan fingerprint density at radius 2 is 2.38 bits per heavy atom. The zero-order valence-electron chi connectivity index (χ0n) is 9.69. The van der Waals surface area contributed by atoms with Crippen molar-refractivity contribution in [3.8, 4) is 5.75 Å². The Morgan fingerprint density at radius 1 is 1.62 bits per heavy atom. The lowest BCUT2D eigenvalue weighted by Gasteiger charge is -2.22.